The normalized spacial score (nSPS) is 12.2. The smallest absolute Gasteiger partial charge is 0.313 e. The first kappa shape index (κ1) is 18.5. The number of hydrogen-bond donors (Lipinski definition) is 2. The van der Waals surface area contributed by atoms with Crippen LogP contribution in [0.2, 0.25) is 0 Å². The van der Waals surface area contributed by atoms with E-state index in [-0.39, 0.29) is 28.4 Å². The van der Waals surface area contributed by atoms with Gasteiger partial charge in [-0.05, 0) is 12.5 Å². The molecule has 0 fully saturated rings. The average molecular weight is 364 g/mol. The van der Waals surface area contributed by atoms with Crippen LogP contribution in [0.5, 0.6) is 0 Å². The third kappa shape index (κ3) is 3.65. The molecule has 0 unspecified atom stereocenters. The van der Waals surface area contributed by atoms with E-state index >= 15 is 0 Å². The second kappa shape index (κ2) is 7.95. The number of carbonyl (C=O) groups excluding carboxylic acids is 4. The summed E-state index contributed by atoms with van der Waals surface area (Å²) in [5.41, 5.74) is 1.13. The van der Waals surface area contributed by atoms with Crippen molar-refractivity contribution < 1.29 is 19.2 Å². The predicted octanol–water partition coefficient (Wildman–Crippen LogP) is 2.71. The summed E-state index contributed by atoms with van der Waals surface area (Å²) in [4.78, 5) is 49.7. The van der Waals surface area contributed by atoms with Gasteiger partial charge in [-0.15, -0.1) is 0 Å². The first-order valence-corrected chi connectivity index (χ1v) is 8.95. The fourth-order valence-corrected chi connectivity index (χ4v) is 3.09. The Morgan fingerprint density at radius 3 is 2.19 bits per heavy atom. The molecule has 2 aromatic rings. The minimum absolute atomic E-state index is 0.119. The molecular weight excluding hydrogens is 344 g/mol. The Balaban J connectivity index is 1.83. The molecule has 0 saturated carbocycles. The lowest BCUT2D eigenvalue weighted by Crippen LogP contribution is -2.36. The quantitative estimate of drug-likeness (QED) is 0.538. The number of benzene rings is 2. The fourth-order valence-electron chi connectivity index (χ4n) is 3.09. The molecule has 138 valence electrons. The van der Waals surface area contributed by atoms with Gasteiger partial charge in [0.25, 0.3) is 0 Å². The number of rotatable bonds is 5. The number of hydrogen-bond acceptors (Lipinski definition) is 4. The second-order valence-electron chi connectivity index (χ2n) is 6.35. The van der Waals surface area contributed by atoms with Crippen LogP contribution in [0.3, 0.4) is 0 Å². The van der Waals surface area contributed by atoms with E-state index in [1.165, 1.54) is 6.07 Å². The minimum Gasteiger partial charge on any atom is -0.348 e. The summed E-state index contributed by atoms with van der Waals surface area (Å²) >= 11 is 0. The molecule has 1 aliphatic carbocycles. The highest BCUT2D eigenvalue weighted by atomic mass is 16.2. The molecule has 0 heterocycles. The van der Waals surface area contributed by atoms with Gasteiger partial charge in [-0.25, -0.2) is 0 Å². The van der Waals surface area contributed by atoms with Crippen molar-refractivity contribution in [2.45, 2.75) is 26.2 Å². The van der Waals surface area contributed by atoms with Crippen molar-refractivity contribution in [2.75, 3.05) is 11.9 Å². The molecule has 27 heavy (non-hydrogen) atoms. The fraction of sp³-hybridized carbons (Fsp3) is 0.238. The van der Waals surface area contributed by atoms with Gasteiger partial charge in [0.15, 0.2) is 11.6 Å². The van der Waals surface area contributed by atoms with Gasteiger partial charge in [-0.1, -0.05) is 56.2 Å². The highest BCUT2D eigenvalue weighted by molar-refractivity contribution is 6.40. The van der Waals surface area contributed by atoms with Gasteiger partial charge in [-0.3, -0.25) is 19.2 Å². The number of nitrogens with one attached hydrogen (secondary N) is 2. The Morgan fingerprint density at radius 2 is 1.48 bits per heavy atom. The number of carbonyl (C=O) groups is 4. The SMILES string of the molecule is CCCCCNC(=O)C(=O)Nc1cccc2c1C(=O)c1ccccc1C2=O. The number of amides is 2. The standard InChI is InChI=1S/C21H20N2O4/c1-2-3-6-12-22-20(26)21(27)23-16-11-7-10-15-17(16)19(25)14-9-5-4-8-13(14)18(15)24/h4-5,7-11H,2-3,6,12H2,1H3,(H,22,26)(H,23,27). The van der Waals surface area contributed by atoms with Crippen LogP contribution in [0.25, 0.3) is 0 Å². The predicted molar refractivity (Wildman–Crippen MR) is 101 cm³/mol. The van der Waals surface area contributed by atoms with Gasteiger partial charge in [-0.2, -0.15) is 0 Å². The molecule has 0 saturated heterocycles. The molecule has 6 nitrogen and oxygen atoms in total. The van der Waals surface area contributed by atoms with E-state index in [2.05, 4.69) is 10.6 Å². The lowest BCUT2D eigenvalue weighted by atomic mass is 9.83. The van der Waals surface area contributed by atoms with Gasteiger partial charge >= 0.3 is 11.8 Å². The number of unbranched alkanes of at least 4 members (excludes halogenated alkanes) is 2. The lowest BCUT2D eigenvalue weighted by molar-refractivity contribution is -0.136. The van der Waals surface area contributed by atoms with Crippen LogP contribution in [0.15, 0.2) is 42.5 Å². The van der Waals surface area contributed by atoms with E-state index in [1.54, 1.807) is 36.4 Å². The highest BCUT2D eigenvalue weighted by Gasteiger charge is 2.32. The van der Waals surface area contributed by atoms with Gasteiger partial charge in [0, 0.05) is 23.2 Å². The Bertz CT molecular complexity index is 934. The van der Waals surface area contributed by atoms with Gasteiger partial charge in [0.2, 0.25) is 0 Å². The summed E-state index contributed by atoms with van der Waals surface area (Å²) in [5.74, 6) is -2.25. The minimum atomic E-state index is -0.862. The van der Waals surface area contributed by atoms with Crippen molar-refractivity contribution in [3.05, 3.63) is 64.7 Å². The molecule has 1 aliphatic rings. The second-order valence-corrected chi connectivity index (χ2v) is 6.35. The van der Waals surface area contributed by atoms with Crippen LogP contribution in [0.4, 0.5) is 5.69 Å². The van der Waals surface area contributed by atoms with E-state index in [1.807, 2.05) is 6.92 Å². The lowest BCUT2D eigenvalue weighted by Gasteiger charge is -2.20. The Kier molecular flexibility index (Phi) is 5.45. The molecular formula is C21H20N2O4. The van der Waals surface area contributed by atoms with Crippen molar-refractivity contribution in [2.24, 2.45) is 0 Å². The maximum Gasteiger partial charge on any atom is 0.313 e. The van der Waals surface area contributed by atoms with Crippen LogP contribution in [-0.4, -0.2) is 29.9 Å². The molecule has 0 bridgehead atoms. The molecule has 0 aliphatic heterocycles. The van der Waals surface area contributed by atoms with Crippen LogP contribution in [0.1, 0.15) is 58.0 Å². The van der Waals surface area contributed by atoms with Crippen LogP contribution < -0.4 is 10.6 Å². The molecule has 2 aromatic carbocycles. The van der Waals surface area contributed by atoms with Crippen molar-refractivity contribution in [3.63, 3.8) is 0 Å². The number of anilines is 1. The molecule has 2 N–H and O–H groups in total. The Morgan fingerprint density at radius 1 is 0.815 bits per heavy atom. The third-order valence-electron chi connectivity index (χ3n) is 4.47. The van der Waals surface area contributed by atoms with E-state index in [0.29, 0.717) is 17.7 Å². The first-order chi connectivity index (χ1) is 13.0. The monoisotopic (exact) mass is 364 g/mol. The van der Waals surface area contributed by atoms with Gasteiger partial charge in [0.1, 0.15) is 0 Å². The van der Waals surface area contributed by atoms with Crippen molar-refractivity contribution in [1.82, 2.24) is 5.32 Å². The molecule has 0 atom stereocenters. The first-order valence-electron chi connectivity index (χ1n) is 8.95. The van der Waals surface area contributed by atoms with Crippen molar-refractivity contribution >= 4 is 29.1 Å². The largest absolute Gasteiger partial charge is 0.348 e. The van der Waals surface area contributed by atoms with Crippen molar-refractivity contribution in [3.8, 4) is 0 Å². The number of fused-ring (bicyclic) bond motifs is 2. The molecule has 6 heteroatoms. The van der Waals surface area contributed by atoms with E-state index < -0.39 is 11.8 Å². The zero-order chi connectivity index (χ0) is 19.4. The zero-order valence-corrected chi connectivity index (χ0v) is 15.0. The topological polar surface area (TPSA) is 92.3 Å². The molecule has 0 aromatic heterocycles. The summed E-state index contributed by atoms with van der Waals surface area (Å²) in [7, 11) is 0. The maximum atomic E-state index is 12.9. The van der Waals surface area contributed by atoms with Crippen LogP contribution >= 0.6 is 0 Å². The summed E-state index contributed by atoms with van der Waals surface area (Å²) in [6.45, 7) is 2.46. The maximum absolute atomic E-state index is 12.9. The molecule has 0 radical (unpaired) electrons. The summed E-state index contributed by atoms with van der Waals surface area (Å²) < 4.78 is 0. The van der Waals surface area contributed by atoms with Crippen molar-refractivity contribution in [1.29, 1.82) is 0 Å². The Labute approximate surface area is 157 Å². The average Bonchev–Trinajstić information content (AvgIpc) is 2.69. The van der Waals surface area contributed by atoms with Gasteiger partial charge < -0.3 is 10.6 Å². The van der Waals surface area contributed by atoms with E-state index in [9.17, 15) is 19.2 Å². The Hall–Kier alpha value is -3.28. The molecule has 2 amide bonds. The number of ketones is 2. The molecule has 3 rings (SSSR count). The molecule has 0 spiro atoms. The summed E-state index contributed by atoms with van der Waals surface area (Å²) in [6.07, 6.45) is 2.76. The van der Waals surface area contributed by atoms with E-state index in [4.69, 9.17) is 0 Å². The third-order valence-corrected chi connectivity index (χ3v) is 4.47. The summed E-state index contributed by atoms with van der Waals surface area (Å²) in [5, 5.41) is 5.02. The summed E-state index contributed by atoms with van der Waals surface area (Å²) in [6, 6.07) is 11.2. The van der Waals surface area contributed by atoms with Crippen LogP contribution in [0, 0.1) is 0 Å². The zero-order valence-electron chi connectivity index (χ0n) is 15.0. The van der Waals surface area contributed by atoms with Crippen LogP contribution in [-0.2, 0) is 9.59 Å². The van der Waals surface area contributed by atoms with Gasteiger partial charge in [0.05, 0.1) is 11.3 Å². The highest BCUT2D eigenvalue weighted by Crippen LogP contribution is 2.31. The van der Waals surface area contributed by atoms with E-state index in [0.717, 1.165) is 19.3 Å².